The first-order chi connectivity index (χ1) is 27.1. The third kappa shape index (κ3) is 15.4. The quantitative estimate of drug-likeness (QED) is 0.0723. The first-order valence-corrected chi connectivity index (χ1v) is 20.7. The number of rotatable bonds is 17. The maximum atomic E-state index is 14.2. The van der Waals surface area contributed by atoms with Crippen LogP contribution in [0.4, 0.5) is 14.4 Å². The molecule has 4 aromatic rings. The molecule has 0 unspecified atom stereocenters. The minimum Gasteiger partial charge on any atom is -0.444 e. The summed E-state index contributed by atoms with van der Waals surface area (Å²) in [5.74, 6) is -0.697. The largest absolute Gasteiger partial charge is 0.444 e. The zero-order valence-electron chi connectivity index (χ0n) is 33.6. The topological polar surface area (TPSA) is 184 Å². The molecule has 4 atom stereocenters. The highest BCUT2D eigenvalue weighted by molar-refractivity contribution is 7.09. The molecule has 14 nitrogen and oxygen atoms in total. The van der Waals surface area contributed by atoms with Crippen LogP contribution in [0.25, 0.3) is 0 Å². The highest BCUT2D eigenvalue weighted by Gasteiger charge is 2.32. The summed E-state index contributed by atoms with van der Waals surface area (Å²) < 4.78 is 10.9. The Morgan fingerprint density at radius 1 is 0.860 bits per heavy atom. The van der Waals surface area contributed by atoms with E-state index in [2.05, 4.69) is 31.3 Å². The van der Waals surface area contributed by atoms with Crippen molar-refractivity contribution >= 4 is 46.8 Å². The number of carbonyl (C=O) groups excluding carboxylic acids is 4. The predicted molar refractivity (Wildman–Crippen MR) is 220 cm³/mol. The van der Waals surface area contributed by atoms with Gasteiger partial charge >= 0.3 is 18.2 Å². The minimum absolute atomic E-state index is 0.0349. The molecule has 57 heavy (non-hydrogen) atoms. The zero-order chi connectivity index (χ0) is 41.5. The lowest BCUT2D eigenvalue weighted by Crippen LogP contribution is -2.58. The van der Waals surface area contributed by atoms with E-state index in [1.807, 2.05) is 79.9 Å². The third-order valence-corrected chi connectivity index (χ3v) is 10.5. The molecular weight excluding hydrogens is 767 g/mol. The van der Waals surface area contributed by atoms with Crippen molar-refractivity contribution in [1.29, 1.82) is 0 Å². The predicted octanol–water partition coefficient (Wildman–Crippen LogP) is 6.72. The molecule has 0 aliphatic heterocycles. The summed E-state index contributed by atoms with van der Waals surface area (Å²) in [5, 5.41) is 24.2. The van der Waals surface area contributed by atoms with Crippen molar-refractivity contribution in [3.05, 3.63) is 104 Å². The summed E-state index contributed by atoms with van der Waals surface area (Å²) in [6.45, 7) is 12.7. The van der Waals surface area contributed by atoms with Crippen LogP contribution < -0.4 is 21.4 Å². The first-order valence-electron chi connectivity index (χ1n) is 18.9. The normalized spacial score (nSPS) is 13.6. The average Bonchev–Trinajstić information content (AvgIpc) is 3.85. The number of ether oxygens (including phenoxy) is 2. The molecule has 308 valence electrons. The van der Waals surface area contributed by atoms with Crippen molar-refractivity contribution < 1.29 is 33.8 Å². The number of aromatic nitrogens is 2. The summed E-state index contributed by atoms with van der Waals surface area (Å²) in [5.41, 5.74) is 5.70. The molecule has 0 aliphatic carbocycles. The number of benzene rings is 2. The molecule has 0 aliphatic rings. The van der Waals surface area contributed by atoms with E-state index >= 15 is 0 Å². The molecule has 0 bridgehead atoms. The first kappa shape index (κ1) is 44.7. The molecule has 0 saturated heterocycles. The lowest BCUT2D eigenvalue weighted by Gasteiger charge is -2.31. The fraction of sp³-hybridized carbons (Fsp3) is 0.463. The Morgan fingerprint density at radius 3 is 2.07 bits per heavy atom. The van der Waals surface area contributed by atoms with Gasteiger partial charge in [0, 0.05) is 23.5 Å². The minimum atomic E-state index is -1.12. The number of hydrogen-bond acceptors (Lipinski definition) is 11. The second kappa shape index (κ2) is 21.5. The number of carbonyl (C=O) groups is 4. The van der Waals surface area contributed by atoms with Gasteiger partial charge in [0.1, 0.15) is 18.2 Å². The van der Waals surface area contributed by atoms with Gasteiger partial charge in [-0.2, -0.15) is 0 Å². The molecule has 2 aromatic heterocycles. The van der Waals surface area contributed by atoms with E-state index < -0.39 is 54.0 Å². The zero-order valence-corrected chi connectivity index (χ0v) is 35.2. The van der Waals surface area contributed by atoms with Gasteiger partial charge in [-0.3, -0.25) is 9.78 Å². The van der Waals surface area contributed by atoms with Crippen molar-refractivity contribution in [3.63, 3.8) is 0 Å². The van der Waals surface area contributed by atoms with Crippen LogP contribution in [0, 0.1) is 5.92 Å². The lowest BCUT2D eigenvalue weighted by atomic mass is 9.93. The molecule has 0 radical (unpaired) electrons. The monoisotopic (exact) mass is 821 g/mol. The number of alkyl carbamates (subject to hydrolysis) is 1. The second-order valence-electron chi connectivity index (χ2n) is 15.4. The molecule has 2 aromatic carbocycles. The maximum absolute atomic E-state index is 14.2. The van der Waals surface area contributed by atoms with Crippen LogP contribution in [0.1, 0.15) is 87.5 Å². The average molecular weight is 822 g/mol. The highest BCUT2D eigenvalue weighted by atomic mass is 32.1. The van der Waals surface area contributed by atoms with Crippen molar-refractivity contribution in [2.45, 2.75) is 117 Å². The van der Waals surface area contributed by atoms with E-state index in [0.29, 0.717) is 18.5 Å². The molecule has 0 spiro atoms. The molecular formula is C41H55N7O7S2. The second-order valence-corrected chi connectivity index (χ2v) is 17.2. The Kier molecular flexibility index (Phi) is 16.8. The standard InChI is InChI=1S/C41H55N7O7S2/c1-26(2)35(46-38(51)48(47-40(53)55-41(5,6)7)22-31-24-56-37(44-31)27(3)4)36(50)43-30(18-28-14-10-8-11-15-28)20-34(49)33(19-29-16-12-9-13-17-29)45-39(52)54-23-32-21-42-25-57-32/h8-17,21,24-27,30,33-35,49H,18-20,22-23H2,1-7H3,(H,43,50)(H,45,52)(H,46,51)(H,47,53)/t30-,33-,34-,35-/m0/s1. The SMILES string of the molecule is CC(C)c1nc(CN(NC(=O)OC(C)(C)C)C(=O)N[C@H](C(=O)N[C@@H](Cc2ccccc2)C[C@H](O)[C@H](Cc2ccccc2)NC(=O)OCc2cncs2)C(C)C)cs1. The fourth-order valence-electron chi connectivity index (χ4n) is 5.77. The number of nitrogens with zero attached hydrogens (tertiary/aromatic N) is 3. The van der Waals surface area contributed by atoms with Gasteiger partial charge in [-0.15, -0.1) is 22.7 Å². The molecule has 16 heteroatoms. The number of urea groups is 1. The number of hydrogen-bond donors (Lipinski definition) is 5. The third-order valence-electron chi connectivity index (χ3n) is 8.57. The summed E-state index contributed by atoms with van der Waals surface area (Å²) in [6, 6.07) is 15.8. The summed E-state index contributed by atoms with van der Waals surface area (Å²) in [4.78, 5) is 63.3. The van der Waals surface area contributed by atoms with Gasteiger partial charge in [-0.1, -0.05) is 88.4 Å². The Balaban J connectivity index is 1.53. The Morgan fingerprint density at radius 2 is 1.51 bits per heavy atom. The van der Waals surface area contributed by atoms with Crippen molar-refractivity contribution in [3.8, 4) is 0 Å². The molecule has 0 fully saturated rings. The van der Waals surface area contributed by atoms with Crippen LogP contribution in [0.15, 0.2) is 77.8 Å². The number of amides is 5. The summed E-state index contributed by atoms with van der Waals surface area (Å²) >= 11 is 2.82. The van der Waals surface area contributed by atoms with Gasteiger partial charge in [0.2, 0.25) is 5.91 Å². The van der Waals surface area contributed by atoms with Crippen molar-refractivity contribution in [2.24, 2.45) is 5.92 Å². The van der Waals surface area contributed by atoms with Gasteiger partial charge in [-0.05, 0) is 57.1 Å². The molecule has 4 rings (SSSR count). The number of aliphatic hydroxyl groups excluding tert-OH is 1. The van der Waals surface area contributed by atoms with Crippen LogP contribution in [0.3, 0.4) is 0 Å². The fourth-order valence-corrected chi connectivity index (χ4v) is 7.11. The smallest absolute Gasteiger partial charge is 0.426 e. The van der Waals surface area contributed by atoms with Crippen LogP contribution in [-0.2, 0) is 40.3 Å². The van der Waals surface area contributed by atoms with Crippen molar-refractivity contribution in [1.82, 2.24) is 36.4 Å². The van der Waals surface area contributed by atoms with E-state index in [-0.39, 0.29) is 31.4 Å². The van der Waals surface area contributed by atoms with Crippen molar-refractivity contribution in [2.75, 3.05) is 0 Å². The van der Waals surface area contributed by atoms with Crippen LogP contribution in [0.5, 0.6) is 0 Å². The van der Waals surface area contributed by atoms with E-state index in [4.69, 9.17) is 9.47 Å². The maximum Gasteiger partial charge on any atom is 0.426 e. The Labute approximate surface area is 342 Å². The van der Waals surface area contributed by atoms with Gasteiger partial charge in [0.15, 0.2) is 0 Å². The number of nitrogens with one attached hydrogen (secondary N) is 4. The van der Waals surface area contributed by atoms with Crippen LogP contribution >= 0.6 is 22.7 Å². The highest BCUT2D eigenvalue weighted by Crippen LogP contribution is 2.21. The van der Waals surface area contributed by atoms with Crippen LogP contribution in [0.2, 0.25) is 0 Å². The molecule has 2 heterocycles. The van der Waals surface area contributed by atoms with E-state index in [0.717, 1.165) is 26.0 Å². The van der Waals surface area contributed by atoms with Gasteiger partial charge < -0.3 is 30.5 Å². The Hall–Kier alpha value is -5.06. The van der Waals surface area contributed by atoms with E-state index in [1.165, 1.54) is 22.7 Å². The number of aliphatic hydroxyl groups is 1. The van der Waals surface area contributed by atoms with Gasteiger partial charge in [0.25, 0.3) is 0 Å². The van der Waals surface area contributed by atoms with E-state index in [1.54, 1.807) is 46.3 Å². The summed E-state index contributed by atoms with van der Waals surface area (Å²) in [7, 11) is 0. The number of hydrazine groups is 1. The van der Waals surface area contributed by atoms with E-state index in [9.17, 15) is 24.3 Å². The van der Waals surface area contributed by atoms with Crippen LogP contribution in [-0.4, -0.2) is 74.0 Å². The molecule has 5 amide bonds. The van der Waals surface area contributed by atoms with Gasteiger partial charge in [0.05, 0.1) is 39.8 Å². The summed E-state index contributed by atoms with van der Waals surface area (Å²) in [6.07, 6.45) is -0.333. The van der Waals surface area contributed by atoms with Gasteiger partial charge in [-0.25, -0.2) is 29.8 Å². The lowest BCUT2D eigenvalue weighted by molar-refractivity contribution is -0.124. The Bertz CT molecular complexity index is 1850. The number of thiazole rings is 2. The molecule has 0 saturated carbocycles. The molecule has 5 N–H and O–H groups in total.